The Kier molecular flexibility index (Phi) is 6.32. The van der Waals surface area contributed by atoms with Crippen molar-refractivity contribution in [3.8, 4) is 16.9 Å². The summed E-state index contributed by atoms with van der Waals surface area (Å²) in [6.07, 6.45) is 4.97. The first-order chi connectivity index (χ1) is 15.0. The van der Waals surface area contributed by atoms with Crippen molar-refractivity contribution in [2.75, 3.05) is 30.4 Å². The summed E-state index contributed by atoms with van der Waals surface area (Å²) in [5.74, 6) is 0.494. The van der Waals surface area contributed by atoms with Gasteiger partial charge in [0.1, 0.15) is 11.6 Å². The summed E-state index contributed by atoms with van der Waals surface area (Å²) in [6.45, 7) is 1.28. The molecule has 1 N–H and O–H groups in total. The highest BCUT2D eigenvalue weighted by Gasteiger charge is 2.27. The van der Waals surface area contributed by atoms with Crippen LogP contribution in [0, 0.1) is 11.7 Å². The van der Waals surface area contributed by atoms with E-state index in [0.717, 1.165) is 30.5 Å². The molecular formula is C23H22ClFN4O2. The number of piperidine rings is 1. The van der Waals surface area contributed by atoms with Gasteiger partial charge in [0.25, 0.3) is 0 Å². The minimum Gasteiger partial charge on any atom is -0.495 e. The van der Waals surface area contributed by atoms with Gasteiger partial charge < -0.3 is 15.0 Å². The van der Waals surface area contributed by atoms with Gasteiger partial charge in [0, 0.05) is 36.1 Å². The fraction of sp³-hybridized carbons (Fsp3) is 0.261. The molecule has 3 aromatic rings. The summed E-state index contributed by atoms with van der Waals surface area (Å²) in [5, 5.41) is 3.45. The van der Waals surface area contributed by atoms with Crippen LogP contribution in [-0.4, -0.2) is 36.1 Å². The average molecular weight is 441 g/mol. The Morgan fingerprint density at radius 3 is 2.74 bits per heavy atom. The third-order valence-electron chi connectivity index (χ3n) is 5.29. The lowest BCUT2D eigenvalue weighted by Gasteiger charge is -2.32. The fourth-order valence-corrected chi connectivity index (χ4v) is 3.86. The molecule has 0 unspecified atom stereocenters. The molecule has 0 spiro atoms. The fourth-order valence-electron chi connectivity index (χ4n) is 3.69. The van der Waals surface area contributed by atoms with Gasteiger partial charge in [0.2, 0.25) is 11.9 Å². The van der Waals surface area contributed by atoms with Crippen LogP contribution in [0.25, 0.3) is 11.1 Å². The summed E-state index contributed by atoms with van der Waals surface area (Å²) >= 11 is 6.06. The number of anilines is 2. The van der Waals surface area contributed by atoms with Crippen LogP contribution in [0.3, 0.4) is 0 Å². The van der Waals surface area contributed by atoms with Crippen molar-refractivity contribution >= 4 is 29.1 Å². The largest absolute Gasteiger partial charge is 0.495 e. The molecule has 1 aliphatic heterocycles. The van der Waals surface area contributed by atoms with Crippen LogP contribution in [0.4, 0.5) is 16.0 Å². The van der Waals surface area contributed by atoms with E-state index in [-0.39, 0.29) is 17.6 Å². The molecule has 1 atom stereocenters. The Hall–Kier alpha value is -3.19. The van der Waals surface area contributed by atoms with E-state index in [1.165, 1.54) is 12.1 Å². The van der Waals surface area contributed by atoms with Gasteiger partial charge in [-0.15, -0.1) is 0 Å². The van der Waals surface area contributed by atoms with E-state index >= 15 is 0 Å². The van der Waals surface area contributed by atoms with Crippen molar-refractivity contribution in [2.24, 2.45) is 5.92 Å². The Labute approximate surface area is 185 Å². The maximum Gasteiger partial charge on any atom is 0.229 e. The predicted molar refractivity (Wildman–Crippen MR) is 119 cm³/mol. The van der Waals surface area contributed by atoms with Gasteiger partial charge in [-0.25, -0.2) is 14.4 Å². The molecule has 1 fully saturated rings. The number of hydrogen-bond donors (Lipinski definition) is 1. The molecule has 2 aromatic carbocycles. The molecule has 1 aliphatic rings. The highest BCUT2D eigenvalue weighted by atomic mass is 35.5. The molecule has 4 rings (SSSR count). The molecule has 1 amide bonds. The highest BCUT2D eigenvalue weighted by molar-refractivity contribution is 6.31. The monoisotopic (exact) mass is 440 g/mol. The molecule has 0 bridgehead atoms. The van der Waals surface area contributed by atoms with E-state index in [1.807, 2.05) is 11.0 Å². The van der Waals surface area contributed by atoms with Crippen LogP contribution in [0.2, 0.25) is 5.02 Å². The highest BCUT2D eigenvalue weighted by Crippen LogP contribution is 2.29. The topological polar surface area (TPSA) is 67.3 Å². The molecule has 160 valence electrons. The van der Waals surface area contributed by atoms with Gasteiger partial charge in [0.15, 0.2) is 0 Å². The quantitative estimate of drug-likeness (QED) is 0.617. The number of nitrogens with zero attached hydrogens (tertiary/aromatic N) is 3. The first-order valence-corrected chi connectivity index (χ1v) is 10.4. The number of carbonyl (C=O) groups excluding carboxylic acids is 1. The molecule has 6 nitrogen and oxygen atoms in total. The summed E-state index contributed by atoms with van der Waals surface area (Å²) in [6, 6.07) is 11.4. The van der Waals surface area contributed by atoms with Gasteiger partial charge in [-0.3, -0.25) is 4.79 Å². The van der Waals surface area contributed by atoms with E-state index in [9.17, 15) is 9.18 Å². The Balaban J connectivity index is 1.45. The first kappa shape index (κ1) is 21.1. The lowest BCUT2D eigenvalue weighted by molar-refractivity contribution is -0.120. The maximum absolute atomic E-state index is 13.5. The summed E-state index contributed by atoms with van der Waals surface area (Å²) < 4.78 is 18.8. The number of carbonyl (C=O) groups is 1. The molecule has 0 aliphatic carbocycles. The van der Waals surface area contributed by atoms with Gasteiger partial charge in [-0.2, -0.15) is 0 Å². The van der Waals surface area contributed by atoms with E-state index in [0.29, 0.717) is 29.0 Å². The second-order valence-corrected chi connectivity index (χ2v) is 7.84. The third-order valence-corrected chi connectivity index (χ3v) is 5.53. The zero-order chi connectivity index (χ0) is 21.8. The van der Waals surface area contributed by atoms with Crippen LogP contribution in [0.1, 0.15) is 12.8 Å². The molecule has 0 saturated carbocycles. The smallest absolute Gasteiger partial charge is 0.229 e. The summed E-state index contributed by atoms with van der Waals surface area (Å²) in [5.41, 5.74) is 2.01. The SMILES string of the molecule is COc1ccc(Cl)cc1NC(=O)[C@@H]1CCCN(c2ncc(-c3cccc(F)c3)cn2)C1. The number of benzene rings is 2. The van der Waals surface area contributed by atoms with Crippen molar-refractivity contribution in [3.05, 3.63) is 65.7 Å². The van der Waals surface area contributed by atoms with Crippen molar-refractivity contribution in [3.63, 3.8) is 0 Å². The maximum atomic E-state index is 13.5. The molecule has 8 heteroatoms. The van der Waals surface area contributed by atoms with E-state index in [2.05, 4.69) is 15.3 Å². The zero-order valence-electron chi connectivity index (χ0n) is 17.0. The first-order valence-electron chi connectivity index (χ1n) is 10.0. The predicted octanol–water partition coefficient (Wildman–Crippen LogP) is 4.80. The number of aromatic nitrogens is 2. The van der Waals surface area contributed by atoms with Gasteiger partial charge in [0.05, 0.1) is 18.7 Å². The number of hydrogen-bond acceptors (Lipinski definition) is 5. The van der Waals surface area contributed by atoms with Crippen molar-refractivity contribution in [2.45, 2.75) is 12.8 Å². The van der Waals surface area contributed by atoms with Crippen molar-refractivity contribution in [1.82, 2.24) is 9.97 Å². The molecule has 0 radical (unpaired) electrons. The molecule has 1 aromatic heterocycles. The van der Waals surface area contributed by atoms with Crippen molar-refractivity contribution in [1.29, 1.82) is 0 Å². The number of halogens is 2. The Bertz CT molecular complexity index is 1080. The zero-order valence-corrected chi connectivity index (χ0v) is 17.8. The van der Waals surface area contributed by atoms with Gasteiger partial charge >= 0.3 is 0 Å². The lowest BCUT2D eigenvalue weighted by Crippen LogP contribution is -2.41. The molecule has 2 heterocycles. The summed E-state index contributed by atoms with van der Waals surface area (Å²) in [4.78, 5) is 23.8. The van der Waals surface area contributed by atoms with Crippen LogP contribution in [-0.2, 0) is 4.79 Å². The normalized spacial score (nSPS) is 16.1. The van der Waals surface area contributed by atoms with E-state index in [4.69, 9.17) is 16.3 Å². The Morgan fingerprint density at radius 1 is 1.19 bits per heavy atom. The average Bonchev–Trinajstić information content (AvgIpc) is 2.79. The van der Waals surface area contributed by atoms with Crippen molar-refractivity contribution < 1.29 is 13.9 Å². The van der Waals surface area contributed by atoms with Crippen LogP contribution in [0.15, 0.2) is 54.9 Å². The number of amides is 1. The van der Waals surface area contributed by atoms with Gasteiger partial charge in [-0.1, -0.05) is 23.7 Å². The number of methoxy groups -OCH3 is 1. The second kappa shape index (κ2) is 9.31. The number of ether oxygens (including phenoxy) is 1. The molecule has 31 heavy (non-hydrogen) atoms. The van der Waals surface area contributed by atoms with Crippen LogP contribution >= 0.6 is 11.6 Å². The minimum absolute atomic E-state index is 0.0957. The van der Waals surface area contributed by atoms with E-state index in [1.54, 1.807) is 43.8 Å². The third kappa shape index (κ3) is 4.94. The van der Waals surface area contributed by atoms with Gasteiger partial charge in [-0.05, 0) is 48.7 Å². The van der Waals surface area contributed by atoms with E-state index < -0.39 is 0 Å². The molecule has 1 saturated heterocycles. The Morgan fingerprint density at radius 2 is 2.00 bits per heavy atom. The number of nitrogens with one attached hydrogen (secondary N) is 1. The molecular weight excluding hydrogens is 419 g/mol. The standard InChI is InChI=1S/C23H22ClFN4O2/c1-31-21-8-7-18(24)11-20(21)28-22(30)16-5-3-9-29(14-16)23-26-12-17(13-27-23)15-4-2-6-19(25)10-15/h2,4,6-8,10-13,16H,3,5,9,14H2,1H3,(H,28,30)/t16-/m1/s1. The van der Waals surface area contributed by atoms with Crippen LogP contribution in [0.5, 0.6) is 5.75 Å². The summed E-state index contributed by atoms with van der Waals surface area (Å²) in [7, 11) is 1.55. The van der Waals surface area contributed by atoms with Crippen LogP contribution < -0.4 is 15.0 Å². The minimum atomic E-state index is -0.303. The number of rotatable bonds is 5. The second-order valence-electron chi connectivity index (χ2n) is 7.40. The lowest BCUT2D eigenvalue weighted by atomic mass is 9.97.